The fourth-order valence-corrected chi connectivity index (χ4v) is 3.23. The van der Waals surface area contributed by atoms with Gasteiger partial charge < -0.3 is 15.8 Å². The number of hydrogen-bond donors (Lipinski definition) is 3. The monoisotopic (exact) mass is 463 g/mol. The van der Waals surface area contributed by atoms with E-state index < -0.39 is 23.7 Å². The fourth-order valence-electron chi connectivity index (χ4n) is 2.34. The van der Waals surface area contributed by atoms with Crippen molar-refractivity contribution in [2.75, 3.05) is 0 Å². The van der Waals surface area contributed by atoms with Gasteiger partial charge in [0.2, 0.25) is 5.91 Å². The Morgan fingerprint density at radius 3 is 2.44 bits per heavy atom. The zero-order valence-corrected chi connectivity index (χ0v) is 18.9. The van der Waals surface area contributed by atoms with E-state index in [9.17, 15) is 23.6 Å². The third kappa shape index (κ3) is 9.17. The van der Waals surface area contributed by atoms with Crippen LogP contribution in [0, 0.1) is 5.41 Å². The van der Waals surface area contributed by atoms with Crippen molar-refractivity contribution in [2.45, 2.75) is 46.1 Å². The zero-order chi connectivity index (χ0) is 24.4. The van der Waals surface area contributed by atoms with E-state index in [0.717, 1.165) is 24.3 Å². The summed E-state index contributed by atoms with van der Waals surface area (Å²) in [7, 11) is 0. The van der Waals surface area contributed by atoms with E-state index in [0.29, 0.717) is 11.3 Å². The lowest BCUT2D eigenvalue weighted by molar-refractivity contribution is -0.128. The molecule has 1 aromatic rings. The Labute approximate surface area is 189 Å². The van der Waals surface area contributed by atoms with Gasteiger partial charge in [-0.25, -0.2) is 9.18 Å². The van der Waals surface area contributed by atoms with Gasteiger partial charge in [-0.05, 0) is 51.5 Å². The molecule has 0 spiro atoms. The summed E-state index contributed by atoms with van der Waals surface area (Å²) >= 11 is 1.09. The molecule has 8 nitrogen and oxygen atoms in total. The van der Waals surface area contributed by atoms with Gasteiger partial charge in [0.25, 0.3) is 0 Å². The summed E-state index contributed by atoms with van der Waals surface area (Å²) in [5.74, 6) is -3.07. The highest BCUT2D eigenvalue weighted by molar-refractivity contribution is 7.13. The van der Waals surface area contributed by atoms with Crippen LogP contribution in [0.4, 0.5) is 4.39 Å². The van der Waals surface area contributed by atoms with Gasteiger partial charge in [0, 0.05) is 23.3 Å². The number of amides is 1. The predicted octanol–water partition coefficient (Wildman–Crippen LogP) is 3.14. The number of aryl methyl sites for hydroxylation is 1. The standard InChI is InChI=1S/C22H26FN3O5S/c1-12(21(24)25)5-8-18(14(3)23)31-22(30)19-9-6-16(32-19)7-10-20(29)26-17(15(4)28)11-13(2)27/h5-6,8-9,17H,1,7,10-11H2,2-4H3,(H3,24,25)(H,26,29)/b8-5-,18-14-/t17-/m1/s1. The van der Waals surface area contributed by atoms with E-state index in [1.54, 1.807) is 6.07 Å². The molecule has 0 unspecified atom stereocenters. The summed E-state index contributed by atoms with van der Waals surface area (Å²) in [5, 5.41) is 9.77. The van der Waals surface area contributed by atoms with Gasteiger partial charge in [-0.2, -0.15) is 0 Å². The molecule has 32 heavy (non-hydrogen) atoms. The number of carbonyl (C=O) groups is 4. The van der Waals surface area contributed by atoms with Crippen molar-refractivity contribution in [3.63, 3.8) is 0 Å². The maximum atomic E-state index is 13.7. The van der Waals surface area contributed by atoms with Crippen LogP contribution in [0.2, 0.25) is 0 Å². The Bertz CT molecular complexity index is 989. The second-order valence-corrected chi connectivity index (χ2v) is 8.13. The SMILES string of the molecule is C=C(/C=C\C(OC(=O)c1ccc(CCC(=O)N[C@H](CC(C)=O)C(C)=O)s1)=C(/C)F)C(=N)N. The maximum absolute atomic E-state index is 13.7. The van der Waals surface area contributed by atoms with Crippen LogP contribution in [-0.2, 0) is 25.5 Å². The van der Waals surface area contributed by atoms with Crippen LogP contribution in [-0.4, -0.2) is 35.3 Å². The molecule has 0 saturated carbocycles. The topological polar surface area (TPSA) is 139 Å². The van der Waals surface area contributed by atoms with Gasteiger partial charge in [-0.1, -0.05) is 6.58 Å². The highest BCUT2D eigenvalue weighted by Gasteiger charge is 2.19. The van der Waals surface area contributed by atoms with Crippen molar-refractivity contribution in [1.82, 2.24) is 5.32 Å². The van der Waals surface area contributed by atoms with Gasteiger partial charge in [0.15, 0.2) is 11.5 Å². The predicted molar refractivity (Wildman–Crippen MR) is 120 cm³/mol. The summed E-state index contributed by atoms with van der Waals surface area (Å²) in [5.41, 5.74) is 5.39. The molecule has 1 rings (SSSR count). The number of nitrogens with one attached hydrogen (secondary N) is 2. The number of ether oxygens (including phenoxy) is 1. The molecular weight excluding hydrogens is 437 g/mol. The van der Waals surface area contributed by atoms with Crippen LogP contribution >= 0.6 is 11.3 Å². The zero-order valence-electron chi connectivity index (χ0n) is 18.1. The number of nitrogens with two attached hydrogens (primary N) is 1. The van der Waals surface area contributed by atoms with E-state index in [1.807, 2.05) is 0 Å². The third-order valence-corrected chi connectivity index (χ3v) is 5.23. The molecular formula is C22H26FN3O5S. The highest BCUT2D eigenvalue weighted by Crippen LogP contribution is 2.21. The number of halogens is 1. The first kappa shape index (κ1) is 26.6. The molecule has 10 heteroatoms. The molecule has 0 aliphatic rings. The van der Waals surface area contributed by atoms with Crippen LogP contribution < -0.4 is 11.1 Å². The van der Waals surface area contributed by atoms with E-state index in [4.69, 9.17) is 15.9 Å². The number of carbonyl (C=O) groups excluding carboxylic acids is 4. The lowest BCUT2D eigenvalue weighted by Crippen LogP contribution is -2.41. The smallest absolute Gasteiger partial charge is 0.353 e. The molecule has 4 N–H and O–H groups in total. The van der Waals surface area contributed by atoms with Crippen LogP contribution in [0.15, 0.2) is 48.0 Å². The molecule has 1 aromatic heterocycles. The molecule has 0 aliphatic heterocycles. The van der Waals surface area contributed by atoms with Crippen molar-refractivity contribution in [1.29, 1.82) is 5.41 Å². The van der Waals surface area contributed by atoms with Crippen molar-refractivity contribution in [3.05, 3.63) is 57.8 Å². The number of rotatable bonds is 12. The highest BCUT2D eigenvalue weighted by atomic mass is 32.1. The van der Waals surface area contributed by atoms with Gasteiger partial charge in [0.05, 0.1) is 6.04 Å². The first-order chi connectivity index (χ1) is 14.9. The number of hydrogen-bond acceptors (Lipinski definition) is 7. The van der Waals surface area contributed by atoms with Crippen LogP contribution in [0.25, 0.3) is 0 Å². The Morgan fingerprint density at radius 1 is 1.25 bits per heavy atom. The molecule has 0 aliphatic carbocycles. The lowest BCUT2D eigenvalue weighted by Gasteiger charge is -2.14. The van der Waals surface area contributed by atoms with Crippen LogP contribution in [0.3, 0.4) is 0 Å². The number of esters is 1. The van der Waals surface area contributed by atoms with Crippen LogP contribution in [0.5, 0.6) is 0 Å². The summed E-state index contributed by atoms with van der Waals surface area (Å²) < 4.78 is 18.8. The van der Waals surface area contributed by atoms with E-state index in [1.165, 1.54) is 26.0 Å². The third-order valence-electron chi connectivity index (χ3n) is 4.10. The fraction of sp³-hybridized carbons (Fsp3) is 0.318. The van der Waals surface area contributed by atoms with E-state index >= 15 is 0 Å². The van der Waals surface area contributed by atoms with Crippen LogP contribution in [0.1, 0.15) is 48.2 Å². The molecule has 0 saturated heterocycles. The summed E-state index contributed by atoms with van der Waals surface area (Å²) in [6.07, 6.45) is 2.71. The van der Waals surface area contributed by atoms with Crippen molar-refractivity contribution < 1.29 is 28.3 Å². The minimum atomic E-state index is -0.852. The second-order valence-electron chi connectivity index (χ2n) is 6.96. The molecule has 1 heterocycles. The molecule has 0 fully saturated rings. The number of Topliss-reactive ketones (excluding diaryl/α,β-unsaturated/α-hetero) is 2. The second kappa shape index (κ2) is 12.5. The minimum Gasteiger partial charge on any atom is -0.420 e. The Hall–Kier alpha value is -3.40. The normalized spacial score (nSPS) is 12.6. The summed E-state index contributed by atoms with van der Waals surface area (Å²) in [6.45, 7) is 7.27. The minimum absolute atomic E-state index is 0.0569. The van der Waals surface area contributed by atoms with Gasteiger partial charge >= 0.3 is 5.97 Å². The Morgan fingerprint density at radius 2 is 1.91 bits per heavy atom. The largest absolute Gasteiger partial charge is 0.420 e. The van der Waals surface area contributed by atoms with Gasteiger partial charge in [0.1, 0.15) is 22.3 Å². The average Bonchev–Trinajstić information content (AvgIpc) is 3.17. The van der Waals surface area contributed by atoms with Gasteiger partial charge in [-0.15, -0.1) is 11.3 Å². The quantitative estimate of drug-likeness (QED) is 0.143. The Kier molecular flexibility index (Phi) is 10.4. The summed E-state index contributed by atoms with van der Waals surface area (Å²) in [6, 6.07) is 2.29. The number of allylic oxidation sites excluding steroid dienone is 2. The number of amidine groups is 1. The number of thiophene rings is 1. The van der Waals surface area contributed by atoms with Crippen molar-refractivity contribution >= 4 is 40.6 Å². The Balaban J connectivity index is 2.71. The molecule has 0 radical (unpaired) electrons. The van der Waals surface area contributed by atoms with Gasteiger partial charge in [-0.3, -0.25) is 19.8 Å². The molecule has 0 bridgehead atoms. The van der Waals surface area contributed by atoms with Crippen molar-refractivity contribution in [2.24, 2.45) is 5.73 Å². The first-order valence-electron chi connectivity index (χ1n) is 9.58. The summed E-state index contributed by atoms with van der Waals surface area (Å²) in [4.78, 5) is 48.1. The molecule has 0 aromatic carbocycles. The molecule has 172 valence electrons. The first-order valence-corrected chi connectivity index (χ1v) is 10.4. The average molecular weight is 464 g/mol. The van der Waals surface area contributed by atoms with E-state index in [2.05, 4.69) is 11.9 Å². The van der Waals surface area contributed by atoms with E-state index in [-0.39, 0.29) is 46.5 Å². The number of ketones is 2. The lowest BCUT2D eigenvalue weighted by atomic mass is 10.1. The molecule has 1 amide bonds. The maximum Gasteiger partial charge on any atom is 0.353 e. The van der Waals surface area contributed by atoms with Crippen molar-refractivity contribution in [3.8, 4) is 0 Å². The molecule has 1 atom stereocenters.